The summed E-state index contributed by atoms with van der Waals surface area (Å²) in [5.74, 6) is 0. The van der Waals surface area contributed by atoms with Crippen molar-refractivity contribution < 1.29 is 8.42 Å². The number of sulfone groups is 1. The van der Waals surface area contributed by atoms with Crippen LogP contribution in [-0.4, -0.2) is 18.3 Å². The molecule has 3 nitrogen and oxygen atoms in total. The van der Waals surface area contributed by atoms with Crippen molar-refractivity contribution >= 4 is 25.8 Å². The van der Waals surface area contributed by atoms with Gasteiger partial charge in [0.05, 0.1) is 6.07 Å². The summed E-state index contributed by atoms with van der Waals surface area (Å²) in [6, 6.07) is 1.61. The highest BCUT2D eigenvalue weighted by molar-refractivity contribution is 9.11. The zero-order valence-corrected chi connectivity index (χ0v) is 7.45. The number of halogens is 1. The molecule has 0 saturated heterocycles. The summed E-state index contributed by atoms with van der Waals surface area (Å²) in [5, 5.41) is 8.25. The van der Waals surface area contributed by atoms with Crippen molar-refractivity contribution in [2.24, 2.45) is 0 Å². The van der Waals surface area contributed by atoms with Gasteiger partial charge in [-0.15, -0.1) is 0 Å². The Morgan fingerprint density at radius 1 is 1.67 bits per heavy atom. The second kappa shape index (κ2) is 2.27. The van der Waals surface area contributed by atoms with E-state index in [2.05, 4.69) is 15.9 Å². The molecule has 0 spiro atoms. The van der Waals surface area contributed by atoms with E-state index in [9.17, 15) is 8.42 Å². The van der Waals surface area contributed by atoms with Crippen LogP contribution in [0.5, 0.6) is 0 Å². The fraction of sp³-hybridized carbons (Fsp3) is 0.750. The molecule has 0 rings (SSSR count). The molecule has 0 N–H and O–H groups in total. The average Bonchev–Trinajstić information content (AvgIpc) is 1.64. The maximum absolute atomic E-state index is 10.6. The molecule has 0 aliphatic carbocycles. The van der Waals surface area contributed by atoms with Gasteiger partial charge in [-0.1, -0.05) is 15.9 Å². The van der Waals surface area contributed by atoms with Gasteiger partial charge >= 0.3 is 0 Å². The number of rotatable bonds is 1. The minimum absolute atomic E-state index is 1.00. The predicted molar refractivity (Wildman–Crippen MR) is 37.8 cm³/mol. The van der Waals surface area contributed by atoms with Crippen LogP contribution in [0.15, 0.2) is 0 Å². The lowest BCUT2D eigenvalue weighted by Crippen LogP contribution is -2.24. The Bertz CT molecular complexity index is 236. The van der Waals surface area contributed by atoms with Crippen LogP contribution in [0.2, 0.25) is 0 Å². The SMILES string of the molecule is CC(Br)(C#N)S(C)(=O)=O. The first-order valence-electron chi connectivity index (χ1n) is 2.11. The highest BCUT2D eigenvalue weighted by Crippen LogP contribution is 2.21. The van der Waals surface area contributed by atoms with Gasteiger partial charge in [-0.05, 0) is 6.92 Å². The van der Waals surface area contributed by atoms with Gasteiger partial charge in [0.2, 0.25) is 3.66 Å². The van der Waals surface area contributed by atoms with Crippen molar-refractivity contribution in [2.45, 2.75) is 10.6 Å². The van der Waals surface area contributed by atoms with Crippen LogP contribution in [0, 0.1) is 11.3 Å². The van der Waals surface area contributed by atoms with Gasteiger partial charge in [-0.3, -0.25) is 0 Å². The van der Waals surface area contributed by atoms with Crippen molar-refractivity contribution in [2.75, 3.05) is 6.26 Å². The first-order valence-corrected chi connectivity index (χ1v) is 4.79. The normalized spacial score (nSPS) is 18.0. The molecule has 0 radical (unpaired) electrons. The van der Waals surface area contributed by atoms with Crippen molar-refractivity contribution in [3.05, 3.63) is 0 Å². The van der Waals surface area contributed by atoms with E-state index in [0.717, 1.165) is 6.26 Å². The Hall–Kier alpha value is -0.0800. The standard InChI is InChI=1S/C4H6BrNO2S/c1-4(5,3-6)9(2,7)8/h1-2H3. The topological polar surface area (TPSA) is 57.9 Å². The molecular weight excluding hydrogens is 206 g/mol. The van der Waals surface area contributed by atoms with Gasteiger partial charge in [-0.2, -0.15) is 5.26 Å². The van der Waals surface area contributed by atoms with E-state index in [-0.39, 0.29) is 0 Å². The summed E-state index contributed by atoms with van der Waals surface area (Å²) in [7, 11) is -3.30. The van der Waals surface area contributed by atoms with Crippen LogP contribution >= 0.6 is 15.9 Å². The highest BCUT2D eigenvalue weighted by atomic mass is 79.9. The van der Waals surface area contributed by atoms with Gasteiger partial charge in [-0.25, -0.2) is 8.42 Å². The Morgan fingerprint density at radius 2 is 2.00 bits per heavy atom. The summed E-state index contributed by atoms with van der Waals surface area (Å²) in [4.78, 5) is 0. The van der Waals surface area contributed by atoms with E-state index in [4.69, 9.17) is 5.26 Å². The summed E-state index contributed by atoms with van der Waals surface area (Å²) in [5.41, 5.74) is 0. The molecule has 0 saturated carbocycles. The molecule has 5 heteroatoms. The Balaban J connectivity index is 4.85. The van der Waals surface area contributed by atoms with Gasteiger partial charge < -0.3 is 0 Å². The van der Waals surface area contributed by atoms with Gasteiger partial charge in [0, 0.05) is 6.26 Å². The molecule has 0 heterocycles. The molecule has 9 heavy (non-hydrogen) atoms. The lowest BCUT2D eigenvalue weighted by Gasteiger charge is -2.08. The Kier molecular flexibility index (Phi) is 2.25. The molecule has 0 aliphatic heterocycles. The van der Waals surface area contributed by atoms with Crippen LogP contribution < -0.4 is 0 Å². The van der Waals surface area contributed by atoms with Gasteiger partial charge in [0.25, 0.3) is 0 Å². The third-order valence-corrected chi connectivity index (χ3v) is 4.32. The van der Waals surface area contributed by atoms with Crippen LogP contribution in [0.4, 0.5) is 0 Å². The number of hydrogen-bond donors (Lipinski definition) is 0. The van der Waals surface area contributed by atoms with Crippen LogP contribution in [-0.2, 0) is 9.84 Å². The van der Waals surface area contributed by atoms with E-state index < -0.39 is 13.5 Å². The lowest BCUT2D eigenvalue weighted by molar-refractivity contribution is 0.595. The minimum atomic E-state index is -3.30. The predicted octanol–water partition coefficient (Wildman–Crippen LogP) is 0.666. The van der Waals surface area contributed by atoms with Crippen molar-refractivity contribution in [1.82, 2.24) is 0 Å². The highest BCUT2D eigenvalue weighted by Gasteiger charge is 2.31. The number of nitrogens with zero attached hydrogens (tertiary/aromatic N) is 1. The largest absolute Gasteiger partial charge is 0.227 e. The molecule has 0 aromatic rings. The summed E-state index contributed by atoms with van der Waals surface area (Å²) < 4.78 is 19.8. The van der Waals surface area contributed by atoms with Gasteiger partial charge in [0.1, 0.15) is 0 Å². The maximum atomic E-state index is 10.6. The number of alkyl halides is 1. The van der Waals surface area contributed by atoms with Crippen LogP contribution in [0.1, 0.15) is 6.92 Å². The first-order chi connectivity index (χ1) is 3.81. The van der Waals surface area contributed by atoms with E-state index in [1.807, 2.05) is 0 Å². The van der Waals surface area contributed by atoms with E-state index >= 15 is 0 Å². The molecule has 52 valence electrons. The second-order valence-electron chi connectivity index (χ2n) is 1.80. The van der Waals surface area contributed by atoms with E-state index in [0.29, 0.717) is 0 Å². The first kappa shape index (κ1) is 8.92. The smallest absolute Gasteiger partial charge is 0.209 e. The summed E-state index contributed by atoms with van der Waals surface area (Å²) in [6.07, 6.45) is 1.00. The molecule has 0 bridgehead atoms. The molecule has 0 aliphatic rings. The molecular formula is C4H6BrNO2S. The quantitative estimate of drug-likeness (QED) is 0.600. The van der Waals surface area contributed by atoms with Gasteiger partial charge in [0.15, 0.2) is 9.84 Å². The van der Waals surface area contributed by atoms with Crippen molar-refractivity contribution in [1.29, 1.82) is 5.26 Å². The van der Waals surface area contributed by atoms with E-state index in [1.54, 1.807) is 6.07 Å². The third-order valence-electron chi connectivity index (χ3n) is 0.896. The number of hydrogen-bond acceptors (Lipinski definition) is 3. The third kappa shape index (κ3) is 1.95. The molecule has 0 aromatic heterocycles. The molecule has 0 aromatic carbocycles. The van der Waals surface area contributed by atoms with E-state index in [1.165, 1.54) is 6.92 Å². The maximum Gasteiger partial charge on any atom is 0.209 e. The Labute approximate surface area is 62.7 Å². The fourth-order valence-electron chi connectivity index (χ4n) is 0.0829. The van der Waals surface area contributed by atoms with Crippen molar-refractivity contribution in [3.8, 4) is 6.07 Å². The average molecular weight is 212 g/mol. The summed E-state index contributed by atoms with van der Waals surface area (Å²) >= 11 is 2.75. The monoisotopic (exact) mass is 211 g/mol. The second-order valence-corrected chi connectivity index (χ2v) is 6.27. The zero-order valence-electron chi connectivity index (χ0n) is 5.05. The van der Waals surface area contributed by atoms with Crippen LogP contribution in [0.25, 0.3) is 0 Å². The fourth-order valence-corrected chi connectivity index (χ4v) is 0.249. The zero-order chi connectivity index (χ0) is 7.71. The number of nitriles is 1. The molecule has 1 atom stereocenters. The minimum Gasteiger partial charge on any atom is -0.227 e. The van der Waals surface area contributed by atoms with Crippen LogP contribution in [0.3, 0.4) is 0 Å². The Morgan fingerprint density at radius 3 is 2.00 bits per heavy atom. The molecule has 0 amide bonds. The molecule has 0 fully saturated rings. The molecule has 1 unspecified atom stereocenters. The summed E-state index contributed by atoms with van der Waals surface area (Å²) in [6.45, 7) is 1.29. The van der Waals surface area contributed by atoms with Crippen molar-refractivity contribution in [3.63, 3.8) is 0 Å². The lowest BCUT2D eigenvalue weighted by atomic mass is 10.5.